The molecule has 0 bridgehead atoms. The van der Waals surface area contributed by atoms with Crippen molar-refractivity contribution >= 4 is 0 Å². The summed E-state index contributed by atoms with van der Waals surface area (Å²) in [5.74, 6) is 2.95. The topological polar surface area (TPSA) is 46.2 Å². The first kappa shape index (κ1) is 10.5. The molecule has 0 aromatic carbocycles. The van der Waals surface area contributed by atoms with E-state index in [-0.39, 0.29) is 5.92 Å². The van der Waals surface area contributed by atoms with Crippen LogP contribution in [0.3, 0.4) is 0 Å². The highest BCUT2D eigenvalue weighted by Gasteiger charge is 2.19. The zero-order valence-electron chi connectivity index (χ0n) is 7.25. The minimum Gasteiger partial charge on any atom is -0.392 e. The van der Waals surface area contributed by atoms with Crippen LogP contribution in [-0.2, 0) is 0 Å². The Kier molecular flexibility index (Phi) is 4.93. The number of hydrogen-bond donors (Lipinski definition) is 2. The molecule has 0 spiro atoms. The fraction of sp³-hybridized carbons (Fsp3) is 0.778. The number of hydrogen-bond acceptors (Lipinski definition) is 2. The Morgan fingerprint density at radius 2 is 2.09 bits per heavy atom. The number of aliphatic hydroxyl groups is 1. The predicted molar refractivity (Wildman–Crippen MR) is 46.8 cm³/mol. The van der Waals surface area contributed by atoms with Crippen molar-refractivity contribution < 1.29 is 5.11 Å². The molecule has 0 aliphatic rings. The van der Waals surface area contributed by atoms with Crippen molar-refractivity contribution in [3.8, 4) is 12.3 Å². The van der Waals surface area contributed by atoms with Crippen LogP contribution < -0.4 is 5.73 Å². The predicted octanol–water partition coefficient (Wildman–Crippen LogP) is 0.601. The summed E-state index contributed by atoms with van der Waals surface area (Å²) in [6.07, 6.45) is 5.03. The summed E-state index contributed by atoms with van der Waals surface area (Å²) in [5, 5.41) is 9.46. The molecule has 3 N–H and O–H groups in total. The second-order valence-corrected chi connectivity index (χ2v) is 3.12. The van der Waals surface area contributed by atoms with Crippen LogP contribution in [0.2, 0.25) is 0 Å². The zero-order chi connectivity index (χ0) is 8.85. The van der Waals surface area contributed by atoms with Crippen LogP contribution in [0.25, 0.3) is 0 Å². The van der Waals surface area contributed by atoms with Gasteiger partial charge in [-0.2, -0.15) is 0 Å². The number of rotatable bonds is 4. The zero-order valence-corrected chi connectivity index (χ0v) is 7.25. The van der Waals surface area contributed by atoms with E-state index in [9.17, 15) is 5.11 Å². The van der Waals surface area contributed by atoms with E-state index in [0.717, 1.165) is 0 Å². The molecule has 0 heterocycles. The van der Waals surface area contributed by atoms with Gasteiger partial charge in [0.15, 0.2) is 0 Å². The molecule has 0 aliphatic heterocycles. The van der Waals surface area contributed by atoms with Gasteiger partial charge in [-0.1, -0.05) is 13.8 Å². The van der Waals surface area contributed by atoms with Gasteiger partial charge in [-0.25, -0.2) is 0 Å². The minimum atomic E-state index is -0.440. The lowest BCUT2D eigenvalue weighted by Crippen LogP contribution is -2.31. The van der Waals surface area contributed by atoms with Crippen molar-refractivity contribution in [3.05, 3.63) is 0 Å². The highest BCUT2D eigenvalue weighted by molar-refractivity contribution is 4.89. The van der Waals surface area contributed by atoms with Crippen molar-refractivity contribution in [3.63, 3.8) is 0 Å². The van der Waals surface area contributed by atoms with Gasteiger partial charge in [-0.15, -0.1) is 12.3 Å². The van der Waals surface area contributed by atoms with E-state index in [0.29, 0.717) is 18.9 Å². The van der Waals surface area contributed by atoms with Crippen molar-refractivity contribution in [1.29, 1.82) is 0 Å². The fourth-order valence-corrected chi connectivity index (χ4v) is 1.15. The van der Waals surface area contributed by atoms with Gasteiger partial charge in [0.1, 0.15) is 0 Å². The van der Waals surface area contributed by atoms with Gasteiger partial charge in [0.2, 0.25) is 0 Å². The summed E-state index contributed by atoms with van der Waals surface area (Å²) < 4.78 is 0. The van der Waals surface area contributed by atoms with E-state index < -0.39 is 6.10 Å². The smallest absolute Gasteiger partial charge is 0.0691 e. The number of nitrogens with two attached hydrogens (primary N) is 1. The highest BCUT2D eigenvalue weighted by atomic mass is 16.3. The van der Waals surface area contributed by atoms with Crippen molar-refractivity contribution in [2.24, 2.45) is 17.6 Å². The van der Waals surface area contributed by atoms with Crippen LogP contribution in [0.1, 0.15) is 20.3 Å². The standard InChI is InChI=1S/C9H17NO/c1-4-5-9(11)8(6-10)7(2)3/h1,7-9,11H,5-6,10H2,2-3H3. The first-order valence-corrected chi connectivity index (χ1v) is 3.95. The Bertz CT molecular complexity index is 137. The maximum atomic E-state index is 9.46. The monoisotopic (exact) mass is 155 g/mol. The first-order chi connectivity index (χ1) is 5.13. The Hall–Kier alpha value is -0.520. The minimum absolute atomic E-state index is 0.131. The molecule has 64 valence electrons. The molecule has 2 unspecified atom stereocenters. The van der Waals surface area contributed by atoms with Gasteiger partial charge >= 0.3 is 0 Å². The summed E-state index contributed by atoms with van der Waals surface area (Å²) in [7, 11) is 0. The van der Waals surface area contributed by atoms with E-state index in [1.807, 2.05) is 13.8 Å². The third-order valence-electron chi connectivity index (χ3n) is 1.95. The lowest BCUT2D eigenvalue weighted by Gasteiger charge is -2.23. The lowest BCUT2D eigenvalue weighted by molar-refractivity contribution is 0.0906. The molecule has 0 fully saturated rings. The molecule has 0 aliphatic carbocycles. The molecule has 11 heavy (non-hydrogen) atoms. The van der Waals surface area contributed by atoms with Gasteiger partial charge in [-0.3, -0.25) is 0 Å². The molecular weight excluding hydrogens is 138 g/mol. The maximum Gasteiger partial charge on any atom is 0.0691 e. The van der Waals surface area contributed by atoms with Gasteiger partial charge < -0.3 is 10.8 Å². The Labute approximate surface area is 68.8 Å². The second-order valence-electron chi connectivity index (χ2n) is 3.12. The highest BCUT2D eigenvalue weighted by Crippen LogP contribution is 2.15. The van der Waals surface area contributed by atoms with E-state index in [1.165, 1.54) is 0 Å². The third-order valence-corrected chi connectivity index (χ3v) is 1.95. The van der Waals surface area contributed by atoms with Gasteiger partial charge in [0, 0.05) is 12.3 Å². The molecule has 2 nitrogen and oxygen atoms in total. The number of terminal acetylenes is 1. The average molecular weight is 155 g/mol. The summed E-state index contributed by atoms with van der Waals surface area (Å²) in [4.78, 5) is 0. The number of aliphatic hydroxyl groups excluding tert-OH is 1. The molecule has 0 saturated heterocycles. The van der Waals surface area contributed by atoms with Crippen LogP contribution in [-0.4, -0.2) is 17.8 Å². The maximum absolute atomic E-state index is 9.46. The molecule has 0 rings (SSSR count). The molecule has 2 heteroatoms. The van der Waals surface area contributed by atoms with Crippen molar-refractivity contribution in [2.75, 3.05) is 6.54 Å². The Morgan fingerprint density at radius 1 is 1.55 bits per heavy atom. The summed E-state index contributed by atoms with van der Waals surface area (Å²) >= 11 is 0. The molecule has 0 aromatic rings. The molecule has 2 atom stereocenters. The summed E-state index contributed by atoms with van der Waals surface area (Å²) in [5.41, 5.74) is 5.48. The average Bonchev–Trinajstić information content (AvgIpc) is 1.88. The Balaban J connectivity index is 3.93. The molecule has 0 saturated carbocycles. The van der Waals surface area contributed by atoms with Crippen LogP contribution >= 0.6 is 0 Å². The molecular formula is C9H17NO. The van der Waals surface area contributed by atoms with Gasteiger partial charge in [0.25, 0.3) is 0 Å². The molecule has 0 radical (unpaired) electrons. The summed E-state index contributed by atoms with van der Waals surface area (Å²) in [6.45, 7) is 4.58. The van der Waals surface area contributed by atoms with E-state index >= 15 is 0 Å². The first-order valence-electron chi connectivity index (χ1n) is 3.95. The Morgan fingerprint density at radius 3 is 2.36 bits per heavy atom. The third kappa shape index (κ3) is 3.41. The van der Waals surface area contributed by atoms with E-state index in [2.05, 4.69) is 5.92 Å². The fourth-order valence-electron chi connectivity index (χ4n) is 1.15. The summed E-state index contributed by atoms with van der Waals surface area (Å²) in [6, 6.07) is 0. The molecule has 0 amide bonds. The van der Waals surface area contributed by atoms with Gasteiger partial charge in [-0.05, 0) is 12.5 Å². The van der Waals surface area contributed by atoms with Crippen LogP contribution in [0, 0.1) is 24.2 Å². The van der Waals surface area contributed by atoms with Crippen LogP contribution in [0.4, 0.5) is 0 Å². The largest absolute Gasteiger partial charge is 0.392 e. The molecule has 0 aromatic heterocycles. The van der Waals surface area contributed by atoms with E-state index in [1.54, 1.807) is 0 Å². The quantitative estimate of drug-likeness (QED) is 0.584. The second kappa shape index (κ2) is 5.17. The van der Waals surface area contributed by atoms with Crippen LogP contribution in [0.15, 0.2) is 0 Å². The lowest BCUT2D eigenvalue weighted by atomic mass is 9.89. The van der Waals surface area contributed by atoms with Crippen LogP contribution in [0.5, 0.6) is 0 Å². The van der Waals surface area contributed by atoms with Gasteiger partial charge in [0.05, 0.1) is 6.10 Å². The van der Waals surface area contributed by atoms with E-state index in [4.69, 9.17) is 12.2 Å². The van der Waals surface area contributed by atoms with Crippen molar-refractivity contribution in [2.45, 2.75) is 26.4 Å². The normalized spacial score (nSPS) is 16.0. The SMILES string of the molecule is C#CCC(O)C(CN)C(C)C. The van der Waals surface area contributed by atoms with Crippen molar-refractivity contribution in [1.82, 2.24) is 0 Å².